The number of oxazole rings is 1. The molecule has 0 aliphatic carbocycles. The third-order valence-electron chi connectivity index (χ3n) is 4.70. The summed E-state index contributed by atoms with van der Waals surface area (Å²) in [4.78, 5) is 19.5. The van der Waals surface area contributed by atoms with Crippen LogP contribution in [0, 0.1) is 10.1 Å². The van der Waals surface area contributed by atoms with Crippen LogP contribution in [0.5, 0.6) is 0 Å². The third kappa shape index (κ3) is 3.84. The molecule has 0 amide bonds. The van der Waals surface area contributed by atoms with Crippen LogP contribution >= 0.6 is 0 Å². The van der Waals surface area contributed by atoms with Gasteiger partial charge in [-0.25, -0.2) is 4.98 Å². The first-order chi connectivity index (χ1) is 15.2. The molecule has 0 aliphatic heterocycles. The monoisotopic (exact) mass is 409 g/mol. The molecule has 150 valence electrons. The molecular weight excluding hydrogens is 394 g/mol. The number of hydrogen-bond donors (Lipinski definition) is 0. The van der Waals surface area contributed by atoms with Gasteiger partial charge in [0, 0.05) is 23.3 Å². The fourth-order valence-corrected chi connectivity index (χ4v) is 3.20. The van der Waals surface area contributed by atoms with E-state index in [1.165, 1.54) is 12.1 Å². The Morgan fingerprint density at radius 3 is 2.58 bits per heavy atom. The summed E-state index contributed by atoms with van der Waals surface area (Å²) in [5.74, 6) is 1.60. The number of para-hydroxylation sites is 2. The summed E-state index contributed by atoms with van der Waals surface area (Å²) in [6, 6.07) is 25.0. The van der Waals surface area contributed by atoms with Gasteiger partial charge in [-0.15, -0.1) is 0 Å². The number of aliphatic imine (C=N–C) groups is 1. The quantitative estimate of drug-likeness (QED) is 0.190. The second-order valence-electron chi connectivity index (χ2n) is 6.80. The Hall–Kier alpha value is -4.52. The molecular formula is C24H15N3O4. The molecule has 5 aromatic rings. The Labute approximate surface area is 176 Å². The lowest BCUT2D eigenvalue weighted by molar-refractivity contribution is -0.384. The van der Waals surface area contributed by atoms with E-state index in [0.717, 1.165) is 16.7 Å². The van der Waals surface area contributed by atoms with Crippen molar-refractivity contribution in [1.82, 2.24) is 4.98 Å². The van der Waals surface area contributed by atoms with Crippen molar-refractivity contribution in [2.45, 2.75) is 0 Å². The Morgan fingerprint density at radius 1 is 0.871 bits per heavy atom. The molecule has 0 fully saturated rings. The van der Waals surface area contributed by atoms with Gasteiger partial charge in [0.25, 0.3) is 5.69 Å². The van der Waals surface area contributed by atoms with Crippen molar-refractivity contribution >= 4 is 28.7 Å². The second kappa shape index (κ2) is 7.72. The van der Waals surface area contributed by atoms with Gasteiger partial charge in [0.2, 0.25) is 5.89 Å². The largest absolute Gasteiger partial charge is 0.455 e. The summed E-state index contributed by atoms with van der Waals surface area (Å²) in [6.07, 6.45) is 1.60. The standard InChI is InChI=1S/C24H15N3O4/c28-27(29)19-8-4-5-16(14-19)22-12-11-20(30-22)15-25-18-7-3-6-17(13-18)24-26-21-9-1-2-10-23(21)31-24/h1-15H. The van der Waals surface area contributed by atoms with Crippen LogP contribution < -0.4 is 0 Å². The Morgan fingerprint density at radius 2 is 1.71 bits per heavy atom. The molecule has 0 N–H and O–H groups in total. The van der Waals surface area contributed by atoms with Crippen LogP contribution in [0.3, 0.4) is 0 Å². The SMILES string of the molecule is O=[N+]([O-])c1cccc(-c2ccc(C=Nc3cccc(-c4nc5ccccc5o4)c3)o2)c1. The maximum Gasteiger partial charge on any atom is 0.270 e. The lowest BCUT2D eigenvalue weighted by atomic mass is 10.1. The maximum atomic E-state index is 11.0. The molecule has 0 saturated carbocycles. The highest BCUT2D eigenvalue weighted by Crippen LogP contribution is 2.28. The van der Waals surface area contributed by atoms with Crippen LogP contribution in [0.25, 0.3) is 33.9 Å². The van der Waals surface area contributed by atoms with Crippen LogP contribution in [0.15, 0.2) is 98.8 Å². The number of aromatic nitrogens is 1. The summed E-state index contributed by atoms with van der Waals surface area (Å²) >= 11 is 0. The Bertz CT molecular complexity index is 1400. The van der Waals surface area contributed by atoms with Crippen molar-refractivity contribution in [2.24, 2.45) is 4.99 Å². The predicted molar refractivity (Wildman–Crippen MR) is 117 cm³/mol. The number of nitro groups is 1. The molecule has 0 bridgehead atoms. The van der Waals surface area contributed by atoms with Crippen molar-refractivity contribution < 1.29 is 13.8 Å². The first-order valence-corrected chi connectivity index (χ1v) is 9.50. The molecule has 0 unspecified atom stereocenters. The van der Waals surface area contributed by atoms with Crippen LogP contribution in [-0.4, -0.2) is 16.1 Å². The third-order valence-corrected chi connectivity index (χ3v) is 4.70. The first kappa shape index (κ1) is 18.5. The predicted octanol–water partition coefficient (Wildman–Crippen LogP) is 6.41. The molecule has 2 aromatic heterocycles. The Balaban J connectivity index is 1.38. The van der Waals surface area contributed by atoms with Crippen molar-refractivity contribution in [3.63, 3.8) is 0 Å². The number of rotatable bonds is 5. The molecule has 31 heavy (non-hydrogen) atoms. The molecule has 2 heterocycles. The van der Waals surface area contributed by atoms with Crippen LogP contribution in [-0.2, 0) is 0 Å². The summed E-state index contributed by atoms with van der Waals surface area (Å²) < 4.78 is 11.6. The minimum absolute atomic E-state index is 0.0140. The molecule has 7 heteroatoms. The molecule has 0 atom stereocenters. The molecule has 3 aromatic carbocycles. The van der Waals surface area contributed by atoms with Gasteiger partial charge in [-0.3, -0.25) is 15.1 Å². The van der Waals surface area contributed by atoms with Crippen LogP contribution in [0.4, 0.5) is 11.4 Å². The number of fused-ring (bicyclic) bond motifs is 1. The zero-order valence-corrected chi connectivity index (χ0v) is 16.1. The number of nitrogens with zero attached hydrogens (tertiary/aromatic N) is 3. The maximum absolute atomic E-state index is 11.0. The Kier molecular flexibility index (Phi) is 4.61. The normalized spacial score (nSPS) is 11.4. The average Bonchev–Trinajstić information content (AvgIpc) is 3.45. The summed E-state index contributed by atoms with van der Waals surface area (Å²) in [5, 5.41) is 11.0. The summed E-state index contributed by atoms with van der Waals surface area (Å²) in [7, 11) is 0. The van der Waals surface area contributed by atoms with Crippen molar-refractivity contribution in [1.29, 1.82) is 0 Å². The van der Waals surface area contributed by atoms with E-state index in [1.54, 1.807) is 30.5 Å². The smallest absolute Gasteiger partial charge is 0.270 e. The van der Waals surface area contributed by atoms with E-state index in [0.29, 0.717) is 28.7 Å². The van der Waals surface area contributed by atoms with Gasteiger partial charge in [-0.05, 0) is 42.5 Å². The molecule has 0 spiro atoms. The zero-order chi connectivity index (χ0) is 21.2. The highest BCUT2D eigenvalue weighted by molar-refractivity contribution is 5.81. The molecule has 7 nitrogen and oxygen atoms in total. The van der Waals surface area contributed by atoms with E-state index < -0.39 is 4.92 Å². The topological polar surface area (TPSA) is 94.7 Å². The minimum Gasteiger partial charge on any atom is -0.455 e. The number of non-ortho nitro benzene ring substituents is 1. The van der Waals surface area contributed by atoms with E-state index in [-0.39, 0.29) is 5.69 Å². The van der Waals surface area contributed by atoms with Gasteiger partial charge in [-0.2, -0.15) is 0 Å². The highest BCUT2D eigenvalue weighted by Gasteiger charge is 2.10. The van der Waals surface area contributed by atoms with E-state index >= 15 is 0 Å². The number of hydrogen-bond acceptors (Lipinski definition) is 6. The van der Waals surface area contributed by atoms with Crippen molar-refractivity contribution in [3.8, 4) is 22.8 Å². The fourth-order valence-electron chi connectivity index (χ4n) is 3.20. The van der Waals surface area contributed by atoms with Gasteiger partial charge in [0.05, 0.1) is 16.8 Å². The van der Waals surface area contributed by atoms with Gasteiger partial charge in [0.15, 0.2) is 5.58 Å². The second-order valence-corrected chi connectivity index (χ2v) is 6.80. The molecule has 0 aliphatic rings. The number of benzene rings is 3. The van der Waals surface area contributed by atoms with Crippen molar-refractivity contribution in [2.75, 3.05) is 0 Å². The molecule has 5 rings (SSSR count). The van der Waals surface area contributed by atoms with Gasteiger partial charge >= 0.3 is 0 Å². The lowest BCUT2D eigenvalue weighted by Crippen LogP contribution is -1.87. The van der Waals surface area contributed by atoms with E-state index in [4.69, 9.17) is 8.83 Å². The van der Waals surface area contributed by atoms with Gasteiger partial charge in [-0.1, -0.05) is 30.3 Å². The zero-order valence-electron chi connectivity index (χ0n) is 16.1. The lowest BCUT2D eigenvalue weighted by Gasteiger charge is -1.98. The summed E-state index contributed by atoms with van der Waals surface area (Å²) in [6.45, 7) is 0. The van der Waals surface area contributed by atoms with Gasteiger partial charge in [0.1, 0.15) is 17.0 Å². The summed E-state index contributed by atoms with van der Waals surface area (Å²) in [5.41, 5.74) is 3.72. The van der Waals surface area contributed by atoms with E-state index in [2.05, 4.69) is 9.98 Å². The average molecular weight is 409 g/mol. The van der Waals surface area contributed by atoms with E-state index in [9.17, 15) is 10.1 Å². The highest BCUT2D eigenvalue weighted by atomic mass is 16.6. The van der Waals surface area contributed by atoms with Crippen molar-refractivity contribution in [3.05, 3.63) is 101 Å². The fraction of sp³-hybridized carbons (Fsp3) is 0. The minimum atomic E-state index is -0.432. The van der Waals surface area contributed by atoms with E-state index in [1.807, 2.05) is 48.5 Å². The van der Waals surface area contributed by atoms with Gasteiger partial charge < -0.3 is 8.83 Å². The molecule has 0 radical (unpaired) electrons. The van der Waals surface area contributed by atoms with Crippen LogP contribution in [0.2, 0.25) is 0 Å². The first-order valence-electron chi connectivity index (χ1n) is 9.50. The number of furan rings is 1. The number of nitro benzene ring substituents is 1. The van der Waals surface area contributed by atoms with Crippen LogP contribution in [0.1, 0.15) is 5.76 Å². The molecule has 0 saturated heterocycles.